The molecule has 1 unspecified atom stereocenters. The summed E-state index contributed by atoms with van der Waals surface area (Å²) < 4.78 is 36.7. The third kappa shape index (κ3) is 6.32. The molecule has 0 spiro atoms. The van der Waals surface area contributed by atoms with Gasteiger partial charge in [-0.1, -0.05) is 23.7 Å². The first kappa shape index (κ1) is 25.6. The molecule has 2 aromatic rings. The molecule has 0 bridgehead atoms. The van der Waals surface area contributed by atoms with E-state index in [-0.39, 0.29) is 44.5 Å². The quantitative estimate of drug-likeness (QED) is 0.528. The van der Waals surface area contributed by atoms with E-state index in [9.17, 15) is 18.0 Å². The van der Waals surface area contributed by atoms with Gasteiger partial charge in [-0.15, -0.1) is 0 Å². The van der Waals surface area contributed by atoms with Crippen LogP contribution in [0.1, 0.15) is 25.3 Å². The maximum Gasteiger partial charge on any atom is 0.242 e. The van der Waals surface area contributed by atoms with E-state index in [1.165, 1.54) is 16.3 Å². The van der Waals surface area contributed by atoms with Gasteiger partial charge in [0, 0.05) is 37.6 Å². The maximum absolute atomic E-state index is 13.1. The first-order valence-electron chi connectivity index (χ1n) is 10.7. The highest BCUT2D eigenvalue weighted by Gasteiger charge is 2.26. The number of nitrogens with zero attached hydrogens (tertiary/aromatic N) is 2. The minimum absolute atomic E-state index is 0.0540. The summed E-state index contributed by atoms with van der Waals surface area (Å²) in [4.78, 5) is 26.9. The average Bonchev–Trinajstić information content (AvgIpc) is 3.26. The Bertz CT molecular complexity index is 1160. The van der Waals surface area contributed by atoms with Gasteiger partial charge < -0.3 is 19.7 Å². The number of halogens is 1. The van der Waals surface area contributed by atoms with Gasteiger partial charge in [-0.2, -0.15) is 0 Å². The molecule has 0 saturated carbocycles. The minimum atomic E-state index is -3.61. The smallest absolute Gasteiger partial charge is 0.242 e. The van der Waals surface area contributed by atoms with Crippen LogP contribution in [0, 0.1) is 0 Å². The lowest BCUT2D eigenvalue weighted by Gasteiger charge is -2.29. The van der Waals surface area contributed by atoms with Crippen molar-refractivity contribution in [1.29, 1.82) is 0 Å². The largest absolute Gasteiger partial charge is 0.454 e. The number of hydrogen-bond acceptors (Lipinski definition) is 6. The first-order chi connectivity index (χ1) is 16.1. The van der Waals surface area contributed by atoms with Crippen molar-refractivity contribution < 1.29 is 27.5 Å². The first-order valence-corrected chi connectivity index (χ1v) is 13.0. The van der Waals surface area contributed by atoms with Crippen LogP contribution in [0.2, 0.25) is 5.02 Å². The fourth-order valence-electron chi connectivity index (χ4n) is 3.67. The van der Waals surface area contributed by atoms with Gasteiger partial charge in [0.1, 0.15) is 6.04 Å². The van der Waals surface area contributed by atoms with Gasteiger partial charge in [0.05, 0.1) is 11.9 Å². The van der Waals surface area contributed by atoms with Crippen LogP contribution in [0.15, 0.2) is 42.5 Å². The predicted molar refractivity (Wildman–Crippen MR) is 130 cm³/mol. The van der Waals surface area contributed by atoms with Crippen molar-refractivity contribution in [3.05, 3.63) is 53.1 Å². The van der Waals surface area contributed by atoms with Crippen LogP contribution >= 0.6 is 11.6 Å². The number of amides is 2. The number of carbonyl (C=O) groups excluding carboxylic acids is 2. The van der Waals surface area contributed by atoms with Crippen molar-refractivity contribution >= 4 is 39.1 Å². The highest BCUT2D eigenvalue weighted by Crippen LogP contribution is 2.36. The van der Waals surface area contributed by atoms with Crippen molar-refractivity contribution in [3.63, 3.8) is 0 Å². The summed E-state index contributed by atoms with van der Waals surface area (Å²) in [5, 5.41) is 3.10. The second-order valence-corrected chi connectivity index (χ2v) is 10.3. The lowest BCUT2D eigenvalue weighted by molar-refractivity contribution is -0.140. The summed E-state index contributed by atoms with van der Waals surface area (Å²) in [6.07, 6.45) is 1.42. The van der Waals surface area contributed by atoms with Crippen molar-refractivity contribution in [2.75, 3.05) is 30.9 Å². The lowest BCUT2D eigenvalue weighted by atomic mass is 10.1. The lowest BCUT2D eigenvalue weighted by Crippen LogP contribution is -2.46. The molecule has 1 atom stereocenters. The van der Waals surface area contributed by atoms with Gasteiger partial charge in [-0.3, -0.25) is 13.9 Å². The summed E-state index contributed by atoms with van der Waals surface area (Å²) in [7, 11) is -2.10. The normalized spacial score (nSPS) is 13.3. The zero-order valence-electron chi connectivity index (χ0n) is 19.3. The Morgan fingerprint density at radius 2 is 1.88 bits per heavy atom. The number of fused-ring (bicyclic) bond motifs is 1. The van der Waals surface area contributed by atoms with E-state index >= 15 is 0 Å². The molecule has 0 saturated heterocycles. The Morgan fingerprint density at radius 1 is 1.15 bits per heavy atom. The number of likely N-dealkylation sites (N-methyl/N-ethyl adjacent to an activating group) is 1. The Balaban J connectivity index is 1.72. The summed E-state index contributed by atoms with van der Waals surface area (Å²) in [5.74, 6) is 0.449. The van der Waals surface area contributed by atoms with Crippen LogP contribution in [0.5, 0.6) is 11.5 Å². The molecule has 3 rings (SSSR count). The van der Waals surface area contributed by atoms with Crippen LogP contribution in [0.25, 0.3) is 0 Å². The second-order valence-electron chi connectivity index (χ2n) is 7.92. The Labute approximate surface area is 204 Å². The van der Waals surface area contributed by atoms with Crippen molar-refractivity contribution in [3.8, 4) is 11.5 Å². The molecule has 11 heteroatoms. The van der Waals surface area contributed by atoms with E-state index in [2.05, 4.69) is 5.32 Å². The van der Waals surface area contributed by atoms with Gasteiger partial charge in [0.15, 0.2) is 11.5 Å². The summed E-state index contributed by atoms with van der Waals surface area (Å²) in [6, 6.07) is 11.3. The molecule has 34 heavy (non-hydrogen) atoms. The van der Waals surface area contributed by atoms with Gasteiger partial charge in [-0.05, 0) is 43.2 Å². The number of hydrogen-bond donors (Lipinski definition) is 1. The van der Waals surface area contributed by atoms with Crippen LogP contribution in [-0.4, -0.2) is 57.8 Å². The second kappa shape index (κ2) is 11.0. The molecule has 0 fully saturated rings. The number of sulfonamides is 1. The van der Waals surface area contributed by atoms with E-state index in [0.717, 1.165) is 11.8 Å². The molecule has 2 amide bonds. The zero-order chi connectivity index (χ0) is 24.9. The molecule has 1 N–H and O–H groups in total. The van der Waals surface area contributed by atoms with E-state index in [0.29, 0.717) is 22.2 Å². The van der Waals surface area contributed by atoms with Gasteiger partial charge >= 0.3 is 0 Å². The molecular weight excluding hydrogens is 482 g/mol. The molecule has 0 radical (unpaired) electrons. The molecule has 184 valence electrons. The standard InChI is InChI=1S/C23H28ClN3O6S/c1-16(23(29)25-2)26(14-17-6-4-7-18(24)12-17)22(28)8-5-11-27(34(3,30)31)19-9-10-20-21(13-19)33-15-32-20/h4,6-7,9-10,12-13,16H,5,8,11,14-15H2,1-3H3,(H,25,29). The Morgan fingerprint density at radius 3 is 2.56 bits per heavy atom. The van der Waals surface area contributed by atoms with Crippen LogP contribution < -0.4 is 19.1 Å². The topological polar surface area (TPSA) is 105 Å². The highest BCUT2D eigenvalue weighted by molar-refractivity contribution is 7.92. The fourth-order valence-corrected chi connectivity index (χ4v) is 4.84. The summed E-state index contributed by atoms with van der Waals surface area (Å²) in [6.45, 7) is 2.02. The third-order valence-corrected chi connectivity index (χ3v) is 6.88. The van der Waals surface area contributed by atoms with Gasteiger partial charge in [0.25, 0.3) is 0 Å². The van der Waals surface area contributed by atoms with Crippen molar-refractivity contribution in [2.45, 2.75) is 32.4 Å². The average molecular weight is 510 g/mol. The summed E-state index contributed by atoms with van der Waals surface area (Å²) in [5.41, 5.74) is 1.21. The minimum Gasteiger partial charge on any atom is -0.454 e. The van der Waals surface area contributed by atoms with E-state index in [1.54, 1.807) is 43.3 Å². The summed E-state index contributed by atoms with van der Waals surface area (Å²) >= 11 is 6.07. The number of anilines is 1. The van der Waals surface area contributed by atoms with Crippen molar-refractivity contribution in [1.82, 2.24) is 10.2 Å². The maximum atomic E-state index is 13.1. The Hall–Kier alpha value is -2.98. The highest BCUT2D eigenvalue weighted by atomic mass is 35.5. The van der Waals surface area contributed by atoms with Crippen LogP contribution in [-0.2, 0) is 26.2 Å². The SMILES string of the molecule is CNC(=O)C(C)N(Cc1cccc(Cl)c1)C(=O)CCCN(c1ccc2c(c1)OCO2)S(C)(=O)=O. The van der Waals surface area contributed by atoms with Crippen LogP contribution in [0.3, 0.4) is 0 Å². The molecule has 0 aromatic heterocycles. The molecule has 1 aliphatic heterocycles. The number of benzene rings is 2. The molecular formula is C23H28ClN3O6S. The predicted octanol–water partition coefficient (Wildman–Crippen LogP) is 2.78. The number of nitrogens with one attached hydrogen (secondary N) is 1. The molecule has 1 heterocycles. The molecule has 2 aromatic carbocycles. The molecule has 9 nitrogen and oxygen atoms in total. The van der Waals surface area contributed by atoms with E-state index in [4.69, 9.17) is 21.1 Å². The van der Waals surface area contributed by atoms with Gasteiger partial charge in [0.2, 0.25) is 28.6 Å². The fraction of sp³-hybridized carbons (Fsp3) is 0.391. The molecule has 1 aliphatic rings. The number of ether oxygens (including phenoxy) is 2. The van der Waals surface area contributed by atoms with E-state index < -0.39 is 16.1 Å². The molecule has 0 aliphatic carbocycles. The number of rotatable bonds is 10. The van der Waals surface area contributed by atoms with Crippen molar-refractivity contribution in [2.24, 2.45) is 0 Å². The van der Waals surface area contributed by atoms with Crippen LogP contribution in [0.4, 0.5) is 5.69 Å². The third-order valence-electron chi connectivity index (χ3n) is 5.45. The Kier molecular flexibility index (Phi) is 8.27. The van der Waals surface area contributed by atoms with E-state index in [1.807, 2.05) is 6.07 Å². The monoisotopic (exact) mass is 509 g/mol. The zero-order valence-corrected chi connectivity index (χ0v) is 20.9. The van der Waals surface area contributed by atoms with Gasteiger partial charge in [-0.25, -0.2) is 8.42 Å². The number of carbonyl (C=O) groups is 2.